The number of carboxylic acids is 1. The number of carboxylic acid groups (broad SMARTS) is 1. The van der Waals surface area contributed by atoms with Crippen LogP contribution in [0.1, 0.15) is 21.6 Å². The molecule has 3 heterocycles. The normalized spacial score (nSPS) is 12.4. The number of carbonyl (C=O) groups is 1. The summed E-state index contributed by atoms with van der Waals surface area (Å²) in [4.78, 5) is 15.8. The van der Waals surface area contributed by atoms with Crippen molar-refractivity contribution in [3.8, 4) is 22.9 Å². The molecule has 0 bridgehead atoms. The fourth-order valence-electron chi connectivity index (χ4n) is 2.71. The van der Waals surface area contributed by atoms with Crippen molar-refractivity contribution in [3.63, 3.8) is 0 Å². The van der Waals surface area contributed by atoms with Crippen LogP contribution in [0.2, 0.25) is 5.02 Å². The second-order valence-electron chi connectivity index (χ2n) is 5.42. The van der Waals surface area contributed by atoms with Crippen LogP contribution in [0.15, 0.2) is 36.5 Å². The summed E-state index contributed by atoms with van der Waals surface area (Å²) in [6.45, 7) is 0.139. The molecular weight excluding hydrogens is 346 g/mol. The van der Waals surface area contributed by atoms with Gasteiger partial charge in [0.2, 0.25) is 6.79 Å². The van der Waals surface area contributed by atoms with Gasteiger partial charge in [-0.1, -0.05) is 17.7 Å². The summed E-state index contributed by atoms with van der Waals surface area (Å²) < 4.78 is 10.7. The molecule has 0 unspecified atom stereocenters. The Morgan fingerprint density at radius 2 is 2.08 bits per heavy atom. The van der Waals surface area contributed by atoms with E-state index in [0.29, 0.717) is 39.0 Å². The van der Waals surface area contributed by atoms with Crippen molar-refractivity contribution in [2.24, 2.45) is 0 Å². The molecule has 7 nitrogen and oxygen atoms in total. The van der Waals surface area contributed by atoms with E-state index in [4.69, 9.17) is 21.1 Å². The molecule has 2 aromatic heterocycles. The lowest BCUT2D eigenvalue weighted by atomic mass is 10.0. The summed E-state index contributed by atoms with van der Waals surface area (Å²) in [5.41, 5.74) is 2.29. The van der Waals surface area contributed by atoms with Crippen LogP contribution in [0.5, 0.6) is 11.5 Å². The van der Waals surface area contributed by atoms with Gasteiger partial charge in [-0.15, -0.1) is 0 Å². The molecule has 0 amide bonds. The summed E-state index contributed by atoms with van der Waals surface area (Å²) in [6.07, 6.45) is 1.89. The predicted molar refractivity (Wildman–Crippen MR) is 89.2 cm³/mol. The average Bonchev–Trinajstić information content (AvgIpc) is 3.22. The van der Waals surface area contributed by atoms with Gasteiger partial charge in [-0.2, -0.15) is 5.10 Å². The molecule has 1 aliphatic rings. The van der Waals surface area contributed by atoms with E-state index in [1.807, 2.05) is 6.07 Å². The van der Waals surface area contributed by atoms with Gasteiger partial charge < -0.3 is 14.6 Å². The number of rotatable bonds is 4. The highest BCUT2D eigenvalue weighted by Gasteiger charge is 2.23. The molecule has 25 heavy (non-hydrogen) atoms. The number of aromatic carboxylic acids is 1. The van der Waals surface area contributed by atoms with E-state index in [9.17, 15) is 9.90 Å². The molecule has 1 aliphatic heterocycles. The highest BCUT2D eigenvalue weighted by molar-refractivity contribution is 6.31. The van der Waals surface area contributed by atoms with Crippen molar-refractivity contribution in [1.29, 1.82) is 0 Å². The molecule has 0 aliphatic carbocycles. The van der Waals surface area contributed by atoms with Gasteiger partial charge in [0.05, 0.1) is 5.69 Å². The molecular formula is C17H12ClN3O4. The standard InChI is InChI=1S/C17H12ClN3O4/c18-11-7-14-13(24-8-25-14)6-9(11)5-10-15(12-3-1-2-4-19-12)20-21-16(10)17(22)23/h1-4,6-7H,5,8H2,(H,20,21)(H,22,23). The first-order valence-electron chi connectivity index (χ1n) is 7.43. The Balaban J connectivity index is 1.80. The fraction of sp³-hybridized carbons (Fsp3) is 0.118. The van der Waals surface area contributed by atoms with Crippen LogP contribution in [0.25, 0.3) is 11.4 Å². The number of H-pyrrole nitrogens is 1. The van der Waals surface area contributed by atoms with Crippen LogP contribution < -0.4 is 9.47 Å². The van der Waals surface area contributed by atoms with E-state index in [-0.39, 0.29) is 18.9 Å². The van der Waals surface area contributed by atoms with E-state index < -0.39 is 5.97 Å². The third-order valence-corrected chi connectivity index (χ3v) is 4.25. The number of nitrogens with one attached hydrogen (secondary N) is 1. The number of fused-ring (bicyclic) bond motifs is 1. The highest BCUT2D eigenvalue weighted by atomic mass is 35.5. The van der Waals surface area contributed by atoms with Crippen molar-refractivity contribution < 1.29 is 19.4 Å². The third kappa shape index (κ3) is 2.78. The lowest BCUT2D eigenvalue weighted by Gasteiger charge is -2.08. The Labute approximate surface area is 147 Å². The maximum absolute atomic E-state index is 11.6. The van der Waals surface area contributed by atoms with E-state index >= 15 is 0 Å². The molecule has 0 atom stereocenters. The topological polar surface area (TPSA) is 97.3 Å². The smallest absolute Gasteiger partial charge is 0.354 e. The number of halogens is 1. The zero-order chi connectivity index (χ0) is 17.4. The van der Waals surface area contributed by atoms with Crippen molar-refractivity contribution in [2.75, 3.05) is 6.79 Å². The number of ether oxygens (including phenoxy) is 2. The molecule has 0 saturated heterocycles. The fourth-order valence-corrected chi connectivity index (χ4v) is 2.93. The number of pyridine rings is 1. The summed E-state index contributed by atoms with van der Waals surface area (Å²) >= 11 is 6.33. The molecule has 1 aromatic carbocycles. The van der Waals surface area contributed by atoms with Gasteiger partial charge in [-0.25, -0.2) is 4.79 Å². The maximum atomic E-state index is 11.6. The third-order valence-electron chi connectivity index (χ3n) is 3.90. The molecule has 2 N–H and O–H groups in total. The Morgan fingerprint density at radius 1 is 1.28 bits per heavy atom. The molecule has 0 fully saturated rings. The van der Waals surface area contributed by atoms with Gasteiger partial charge >= 0.3 is 5.97 Å². The Bertz CT molecular complexity index is 956. The predicted octanol–water partition coefficient (Wildman–Crippen LogP) is 3.14. The number of aromatic amines is 1. The van der Waals surface area contributed by atoms with Gasteiger partial charge in [-0.3, -0.25) is 10.1 Å². The minimum absolute atomic E-state index is 0.00869. The van der Waals surface area contributed by atoms with Gasteiger partial charge in [-0.05, 0) is 23.8 Å². The Kier molecular flexibility index (Phi) is 3.77. The van der Waals surface area contributed by atoms with Crippen LogP contribution in [0.4, 0.5) is 0 Å². The van der Waals surface area contributed by atoms with Crippen molar-refractivity contribution in [3.05, 3.63) is 58.4 Å². The molecule has 8 heteroatoms. The Hall–Kier alpha value is -3.06. The second-order valence-corrected chi connectivity index (χ2v) is 5.83. The van der Waals surface area contributed by atoms with Crippen molar-refractivity contribution >= 4 is 17.6 Å². The molecule has 0 spiro atoms. The van der Waals surface area contributed by atoms with Crippen LogP contribution in [-0.2, 0) is 6.42 Å². The van der Waals surface area contributed by atoms with Crippen molar-refractivity contribution in [2.45, 2.75) is 6.42 Å². The number of hydrogen-bond donors (Lipinski definition) is 2. The monoisotopic (exact) mass is 357 g/mol. The van der Waals surface area contributed by atoms with Crippen LogP contribution in [0, 0.1) is 0 Å². The maximum Gasteiger partial charge on any atom is 0.354 e. The summed E-state index contributed by atoms with van der Waals surface area (Å²) in [6, 6.07) is 8.79. The van der Waals surface area contributed by atoms with Crippen LogP contribution >= 0.6 is 11.6 Å². The first-order valence-corrected chi connectivity index (χ1v) is 7.81. The van der Waals surface area contributed by atoms with Gasteiger partial charge in [0, 0.05) is 29.3 Å². The zero-order valence-electron chi connectivity index (χ0n) is 12.8. The first-order chi connectivity index (χ1) is 12.1. The molecule has 126 valence electrons. The number of aromatic nitrogens is 3. The summed E-state index contributed by atoms with van der Waals surface area (Å²) in [7, 11) is 0. The van der Waals surface area contributed by atoms with E-state index in [1.54, 1.807) is 30.5 Å². The van der Waals surface area contributed by atoms with Gasteiger partial charge in [0.25, 0.3) is 0 Å². The molecule has 0 saturated carbocycles. The number of benzene rings is 1. The zero-order valence-corrected chi connectivity index (χ0v) is 13.6. The van der Waals surface area contributed by atoms with E-state index in [0.717, 1.165) is 0 Å². The quantitative estimate of drug-likeness (QED) is 0.744. The summed E-state index contributed by atoms with van der Waals surface area (Å²) in [5.74, 6) is 0.0602. The van der Waals surface area contributed by atoms with Gasteiger partial charge in [0.15, 0.2) is 11.5 Å². The number of hydrogen-bond acceptors (Lipinski definition) is 5. The minimum atomic E-state index is -1.10. The Morgan fingerprint density at radius 3 is 2.80 bits per heavy atom. The van der Waals surface area contributed by atoms with Gasteiger partial charge in [0.1, 0.15) is 11.4 Å². The molecule has 4 rings (SSSR count). The van der Waals surface area contributed by atoms with E-state index in [1.165, 1.54) is 0 Å². The van der Waals surface area contributed by atoms with Crippen LogP contribution in [-0.4, -0.2) is 33.1 Å². The average molecular weight is 358 g/mol. The van der Waals surface area contributed by atoms with E-state index in [2.05, 4.69) is 15.2 Å². The van der Waals surface area contributed by atoms with Crippen molar-refractivity contribution in [1.82, 2.24) is 15.2 Å². The van der Waals surface area contributed by atoms with Crippen LogP contribution in [0.3, 0.4) is 0 Å². The highest BCUT2D eigenvalue weighted by Crippen LogP contribution is 2.38. The lowest BCUT2D eigenvalue weighted by Crippen LogP contribution is -2.03. The largest absolute Gasteiger partial charge is 0.477 e. The molecule has 3 aromatic rings. The summed E-state index contributed by atoms with van der Waals surface area (Å²) in [5, 5.41) is 16.6. The molecule has 0 radical (unpaired) electrons. The second kappa shape index (κ2) is 6.10. The number of nitrogens with zero attached hydrogens (tertiary/aromatic N) is 2. The lowest BCUT2D eigenvalue weighted by molar-refractivity contribution is 0.0689. The minimum Gasteiger partial charge on any atom is -0.477 e. The SMILES string of the molecule is O=C(O)c1[nH]nc(-c2ccccn2)c1Cc1cc2c(cc1Cl)OCO2. The first kappa shape index (κ1) is 15.5.